The van der Waals surface area contributed by atoms with E-state index in [4.69, 9.17) is 0 Å². The molecule has 110 valence electrons. The van der Waals surface area contributed by atoms with Crippen LogP contribution in [0.5, 0.6) is 0 Å². The van der Waals surface area contributed by atoms with Crippen LogP contribution in [-0.2, 0) is 4.79 Å². The number of para-hydroxylation sites is 1. The number of hydrogen-bond acceptors (Lipinski definition) is 2. The normalized spacial score (nSPS) is 10.5. The van der Waals surface area contributed by atoms with Crippen LogP contribution in [0.15, 0.2) is 45.8 Å². The Kier molecular flexibility index (Phi) is 5.36. The van der Waals surface area contributed by atoms with E-state index >= 15 is 0 Å². The van der Waals surface area contributed by atoms with Gasteiger partial charge in [0.1, 0.15) is 17.3 Å². The number of rotatable bonds is 4. The van der Waals surface area contributed by atoms with Crippen molar-refractivity contribution in [3.8, 4) is 0 Å². The average Bonchev–Trinajstić information content (AvgIpc) is 2.42. The first-order chi connectivity index (χ1) is 9.97. The maximum atomic E-state index is 13.4. The Hall–Kier alpha value is -1.40. The fourth-order valence-electron chi connectivity index (χ4n) is 1.71. The minimum Gasteiger partial charge on any atom is -0.320 e. The van der Waals surface area contributed by atoms with E-state index in [1.165, 1.54) is 17.8 Å². The summed E-state index contributed by atoms with van der Waals surface area (Å²) in [5.41, 5.74) is 0.620. The summed E-state index contributed by atoms with van der Waals surface area (Å²) in [6, 6.07) is 9.16. The maximum Gasteiger partial charge on any atom is 0.234 e. The van der Waals surface area contributed by atoms with Gasteiger partial charge in [0, 0.05) is 9.37 Å². The van der Waals surface area contributed by atoms with E-state index in [-0.39, 0.29) is 5.75 Å². The van der Waals surface area contributed by atoms with Crippen LogP contribution in [0.25, 0.3) is 0 Å². The number of halogens is 3. The van der Waals surface area contributed by atoms with Crippen molar-refractivity contribution in [1.82, 2.24) is 0 Å². The lowest BCUT2D eigenvalue weighted by atomic mass is 10.2. The molecule has 0 saturated heterocycles. The molecule has 0 fully saturated rings. The molecule has 0 atom stereocenters. The molecule has 21 heavy (non-hydrogen) atoms. The first kappa shape index (κ1) is 16.0. The van der Waals surface area contributed by atoms with Crippen molar-refractivity contribution in [2.75, 3.05) is 11.1 Å². The predicted molar refractivity (Wildman–Crippen MR) is 84.6 cm³/mol. The van der Waals surface area contributed by atoms with Crippen molar-refractivity contribution in [1.29, 1.82) is 0 Å². The molecule has 2 rings (SSSR count). The lowest BCUT2D eigenvalue weighted by Crippen LogP contribution is -2.16. The number of hydrogen-bond donors (Lipinski definition) is 1. The van der Waals surface area contributed by atoms with E-state index in [9.17, 15) is 13.6 Å². The number of thioether (sulfide) groups is 1. The van der Waals surface area contributed by atoms with Gasteiger partial charge in [0.25, 0.3) is 0 Å². The fourth-order valence-corrected chi connectivity index (χ4v) is 3.00. The summed E-state index contributed by atoms with van der Waals surface area (Å²) in [5.74, 6) is -1.94. The Bertz CT molecular complexity index is 658. The molecule has 1 N–H and O–H groups in total. The molecule has 0 spiro atoms. The van der Waals surface area contributed by atoms with E-state index in [0.29, 0.717) is 0 Å². The van der Waals surface area contributed by atoms with E-state index < -0.39 is 23.2 Å². The number of benzene rings is 2. The van der Waals surface area contributed by atoms with Crippen LogP contribution >= 0.6 is 27.7 Å². The Morgan fingerprint density at radius 1 is 1.24 bits per heavy atom. The summed E-state index contributed by atoms with van der Waals surface area (Å²) >= 11 is 4.68. The first-order valence-electron chi connectivity index (χ1n) is 6.10. The second kappa shape index (κ2) is 7.04. The second-order valence-corrected chi connectivity index (χ2v) is 6.28. The topological polar surface area (TPSA) is 29.1 Å². The van der Waals surface area contributed by atoms with Gasteiger partial charge in [0.15, 0.2) is 0 Å². The molecule has 0 aliphatic carbocycles. The molecule has 0 bridgehead atoms. The average molecular weight is 372 g/mol. The van der Waals surface area contributed by atoms with Crippen LogP contribution < -0.4 is 5.32 Å². The monoisotopic (exact) mass is 371 g/mol. The Morgan fingerprint density at radius 3 is 2.52 bits per heavy atom. The number of anilines is 1. The van der Waals surface area contributed by atoms with Crippen LogP contribution in [0.1, 0.15) is 5.56 Å². The minimum absolute atomic E-state index is 0.0796. The molecule has 0 aliphatic heterocycles. The predicted octanol–water partition coefficient (Wildman–Crippen LogP) is 4.77. The number of amides is 1. The molecular weight excluding hydrogens is 360 g/mol. The summed E-state index contributed by atoms with van der Waals surface area (Å²) in [7, 11) is 0. The molecule has 1 amide bonds. The summed E-state index contributed by atoms with van der Waals surface area (Å²) in [6.07, 6.45) is 0. The fraction of sp³-hybridized carbons (Fsp3) is 0.133. The summed E-state index contributed by atoms with van der Waals surface area (Å²) in [4.78, 5) is 12.7. The molecule has 2 aromatic carbocycles. The van der Waals surface area contributed by atoms with Crippen LogP contribution in [0.3, 0.4) is 0 Å². The lowest BCUT2D eigenvalue weighted by molar-refractivity contribution is -0.113. The number of aryl methyl sites for hydroxylation is 1. The third kappa shape index (κ3) is 4.28. The van der Waals surface area contributed by atoms with Crippen molar-refractivity contribution in [3.63, 3.8) is 0 Å². The largest absolute Gasteiger partial charge is 0.320 e. The quantitative estimate of drug-likeness (QED) is 0.784. The van der Waals surface area contributed by atoms with E-state index in [1.54, 1.807) is 0 Å². The third-order valence-electron chi connectivity index (χ3n) is 2.72. The summed E-state index contributed by atoms with van der Waals surface area (Å²) in [6.45, 7) is 1.93. The summed E-state index contributed by atoms with van der Waals surface area (Å²) < 4.78 is 27.8. The third-order valence-corrected chi connectivity index (χ3v) is 4.39. The molecule has 0 heterocycles. The van der Waals surface area contributed by atoms with Gasteiger partial charge in [-0.05, 0) is 42.8 Å². The van der Waals surface area contributed by atoms with E-state index in [2.05, 4.69) is 21.2 Å². The van der Waals surface area contributed by atoms with Crippen molar-refractivity contribution in [2.24, 2.45) is 0 Å². The van der Waals surface area contributed by atoms with Crippen molar-refractivity contribution < 1.29 is 13.6 Å². The zero-order valence-corrected chi connectivity index (χ0v) is 13.5. The molecule has 2 aromatic rings. The first-order valence-corrected chi connectivity index (χ1v) is 7.88. The Balaban J connectivity index is 1.99. The molecular formula is C15H12BrF2NOS. The highest BCUT2D eigenvalue weighted by Gasteiger charge is 2.12. The van der Waals surface area contributed by atoms with Gasteiger partial charge >= 0.3 is 0 Å². The smallest absolute Gasteiger partial charge is 0.234 e. The highest BCUT2D eigenvalue weighted by Crippen LogP contribution is 2.26. The SMILES string of the molecule is Cc1cc(Br)ccc1SCC(=O)Nc1c(F)cccc1F. The maximum absolute atomic E-state index is 13.4. The number of nitrogens with one attached hydrogen (secondary N) is 1. The van der Waals surface area contributed by atoms with Gasteiger partial charge in [-0.3, -0.25) is 4.79 Å². The van der Waals surface area contributed by atoms with E-state index in [0.717, 1.165) is 27.1 Å². The highest BCUT2D eigenvalue weighted by atomic mass is 79.9. The van der Waals surface area contributed by atoms with Gasteiger partial charge in [0.2, 0.25) is 5.91 Å². The van der Waals surface area contributed by atoms with Crippen LogP contribution in [0.2, 0.25) is 0 Å². The summed E-state index contributed by atoms with van der Waals surface area (Å²) in [5, 5.41) is 2.26. The molecule has 0 radical (unpaired) electrons. The van der Waals surface area contributed by atoms with E-state index in [1.807, 2.05) is 25.1 Å². The molecule has 6 heteroatoms. The van der Waals surface area contributed by atoms with Crippen LogP contribution in [0, 0.1) is 18.6 Å². The molecule has 0 unspecified atom stereocenters. The second-order valence-electron chi connectivity index (χ2n) is 4.34. The van der Waals surface area contributed by atoms with Gasteiger partial charge in [-0.25, -0.2) is 8.78 Å². The van der Waals surface area contributed by atoms with Crippen LogP contribution in [-0.4, -0.2) is 11.7 Å². The standard InChI is InChI=1S/C15H12BrF2NOS/c1-9-7-10(16)5-6-13(9)21-8-14(20)19-15-11(17)3-2-4-12(15)18/h2-7H,8H2,1H3,(H,19,20). The van der Waals surface area contributed by atoms with Crippen molar-refractivity contribution >= 4 is 39.3 Å². The van der Waals surface area contributed by atoms with Crippen LogP contribution in [0.4, 0.5) is 14.5 Å². The van der Waals surface area contributed by atoms with Gasteiger partial charge < -0.3 is 5.32 Å². The molecule has 2 nitrogen and oxygen atoms in total. The number of carbonyl (C=O) groups excluding carboxylic acids is 1. The minimum atomic E-state index is -0.784. The Morgan fingerprint density at radius 2 is 1.90 bits per heavy atom. The van der Waals surface area contributed by atoms with Crippen molar-refractivity contribution in [3.05, 3.63) is 58.1 Å². The lowest BCUT2D eigenvalue weighted by Gasteiger charge is -2.08. The van der Waals surface area contributed by atoms with Gasteiger partial charge in [0.05, 0.1) is 5.75 Å². The molecule has 0 saturated carbocycles. The van der Waals surface area contributed by atoms with Gasteiger partial charge in [-0.15, -0.1) is 11.8 Å². The molecule has 0 aromatic heterocycles. The highest BCUT2D eigenvalue weighted by molar-refractivity contribution is 9.10. The zero-order valence-electron chi connectivity index (χ0n) is 11.1. The zero-order chi connectivity index (χ0) is 15.4. The van der Waals surface area contributed by atoms with Gasteiger partial charge in [-0.1, -0.05) is 22.0 Å². The number of carbonyl (C=O) groups is 1. The Labute approximate surface area is 134 Å². The van der Waals surface area contributed by atoms with Crippen molar-refractivity contribution in [2.45, 2.75) is 11.8 Å². The molecule has 0 aliphatic rings. The van der Waals surface area contributed by atoms with Gasteiger partial charge in [-0.2, -0.15) is 0 Å².